The lowest BCUT2D eigenvalue weighted by atomic mass is 9.88. The van der Waals surface area contributed by atoms with E-state index in [1.54, 1.807) is 12.1 Å². The number of hydrogen-bond donors (Lipinski definition) is 4. The first-order chi connectivity index (χ1) is 11.6. The van der Waals surface area contributed by atoms with Crippen LogP contribution < -0.4 is 16.0 Å². The van der Waals surface area contributed by atoms with Gasteiger partial charge >= 0.3 is 0 Å². The van der Waals surface area contributed by atoms with E-state index in [-0.39, 0.29) is 23.8 Å². The van der Waals surface area contributed by atoms with Crippen molar-refractivity contribution in [1.29, 1.82) is 0 Å². The van der Waals surface area contributed by atoms with Crippen LogP contribution in [0.5, 0.6) is 0 Å². The second-order valence-electron chi connectivity index (χ2n) is 6.74. The Morgan fingerprint density at radius 1 is 1.04 bits per heavy atom. The number of amides is 2. The zero-order chi connectivity index (χ0) is 16.9. The molecule has 1 saturated heterocycles. The van der Waals surface area contributed by atoms with Gasteiger partial charge in [0.1, 0.15) is 0 Å². The number of benzene rings is 1. The van der Waals surface area contributed by atoms with E-state index in [2.05, 4.69) is 16.0 Å². The first-order valence-electron chi connectivity index (χ1n) is 8.75. The van der Waals surface area contributed by atoms with Gasteiger partial charge in [0.05, 0.1) is 12.1 Å². The molecule has 2 aliphatic rings. The number of anilines is 2. The Morgan fingerprint density at radius 3 is 2.33 bits per heavy atom. The quantitative estimate of drug-likeness (QED) is 0.678. The van der Waals surface area contributed by atoms with E-state index >= 15 is 0 Å². The van der Waals surface area contributed by atoms with Gasteiger partial charge in [-0.25, -0.2) is 0 Å². The van der Waals surface area contributed by atoms with E-state index in [1.807, 2.05) is 12.1 Å². The SMILES string of the molecule is O=C(Nc1cccc(NC(=O)C2CC(O)CN2)c1)C1CCCCC1. The first-order valence-corrected chi connectivity index (χ1v) is 8.75. The van der Waals surface area contributed by atoms with Crippen molar-refractivity contribution in [2.45, 2.75) is 50.7 Å². The monoisotopic (exact) mass is 331 g/mol. The molecule has 24 heavy (non-hydrogen) atoms. The fourth-order valence-corrected chi connectivity index (χ4v) is 3.43. The minimum Gasteiger partial charge on any atom is -0.392 e. The molecule has 2 atom stereocenters. The van der Waals surface area contributed by atoms with Crippen LogP contribution in [0.4, 0.5) is 11.4 Å². The summed E-state index contributed by atoms with van der Waals surface area (Å²) in [6.45, 7) is 0.440. The van der Waals surface area contributed by atoms with Gasteiger partial charge in [0.2, 0.25) is 11.8 Å². The van der Waals surface area contributed by atoms with Crippen LogP contribution in [0.3, 0.4) is 0 Å². The Labute approximate surface area is 142 Å². The van der Waals surface area contributed by atoms with Gasteiger partial charge in [-0.1, -0.05) is 25.3 Å². The summed E-state index contributed by atoms with van der Waals surface area (Å²) < 4.78 is 0. The van der Waals surface area contributed by atoms with Crippen molar-refractivity contribution in [1.82, 2.24) is 5.32 Å². The third kappa shape index (κ3) is 4.33. The second kappa shape index (κ2) is 7.77. The number of hydrogen-bond acceptors (Lipinski definition) is 4. The summed E-state index contributed by atoms with van der Waals surface area (Å²) in [7, 11) is 0. The molecule has 130 valence electrons. The number of rotatable bonds is 4. The summed E-state index contributed by atoms with van der Waals surface area (Å²) >= 11 is 0. The lowest BCUT2D eigenvalue weighted by Gasteiger charge is -2.21. The Kier molecular flexibility index (Phi) is 5.48. The summed E-state index contributed by atoms with van der Waals surface area (Å²) in [5.41, 5.74) is 1.34. The Hall–Kier alpha value is -1.92. The van der Waals surface area contributed by atoms with Crippen LogP contribution >= 0.6 is 0 Å². The first kappa shape index (κ1) is 16.9. The Balaban J connectivity index is 1.57. The van der Waals surface area contributed by atoms with Crippen LogP contribution in [0.2, 0.25) is 0 Å². The third-order valence-corrected chi connectivity index (χ3v) is 4.80. The van der Waals surface area contributed by atoms with Crippen LogP contribution in [0, 0.1) is 5.92 Å². The van der Waals surface area contributed by atoms with Crippen molar-refractivity contribution in [3.8, 4) is 0 Å². The van der Waals surface area contributed by atoms with Gasteiger partial charge in [-0.2, -0.15) is 0 Å². The fraction of sp³-hybridized carbons (Fsp3) is 0.556. The molecule has 0 aromatic heterocycles. The summed E-state index contributed by atoms with van der Waals surface area (Å²) in [6.07, 6.45) is 5.32. The van der Waals surface area contributed by atoms with Crippen LogP contribution in [0.25, 0.3) is 0 Å². The Morgan fingerprint density at radius 2 is 1.71 bits per heavy atom. The normalized spacial score (nSPS) is 24.5. The standard InChI is InChI=1S/C18H25N3O3/c22-15-10-16(19-11-15)18(24)21-14-8-4-7-13(9-14)20-17(23)12-5-2-1-3-6-12/h4,7-9,12,15-16,19,22H,1-3,5-6,10-11H2,(H,20,23)(H,21,24). The molecule has 1 aliphatic carbocycles. The maximum absolute atomic E-state index is 12.3. The fourth-order valence-electron chi connectivity index (χ4n) is 3.43. The molecule has 1 aromatic carbocycles. The molecule has 0 spiro atoms. The van der Waals surface area contributed by atoms with Crippen molar-refractivity contribution in [3.05, 3.63) is 24.3 Å². The minimum absolute atomic E-state index is 0.0683. The van der Waals surface area contributed by atoms with Gasteiger partial charge in [-0.05, 0) is 37.5 Å². The topological polar surface area (TPSA) is 90.5 Å². The average molecular weight is 331 g/mol. The predicted molar refractivity (Wildman–Crippen MR) is 92.7 cm³/mol. The van der Waals surface area contributed by atoms with Gasteiger partial charge in [-0.3, -0.25) is 9.59 Å². The zero-order valence-electron chi connectivity index (χ0n) is 13.8. The number of aliphatic hydroxyl groups excluding tert-OH is 1. The number of aliphatic hydroxyl groups is 1. The van der Waals surface area contributed by atoms with Crippen LogP contribution in [0.1, 0.15) is 38.5 Å². The molecule has 6 heteroatoms. The van der Waals surface area contributed by atoms with E-state index in [0.717, 1.165) is 25.7 Å². The smallest absolute Gasteiger partial charge is 0.241 e. The zero-order valence-corrected chi connectivity index (χ0v) is 13.8. The summed E-state index contributed by atoms with van der Waals surface area (Å²) in [5.74, 6) is 0.00207. The number of β-amino-alcohol motifs (C(OH)–C–C–N with tert-alkyl or cyclic N) is 1. The molecule has 1 aromatic rings. The van der Waals surface area contributed by atoms with E-state index in [9.17, 15) is 14.7 Å². The van der Waals surface area contributed by atoms with Crippen molar-refractivity contribution in [2.24, 2.45) is 5.92 Å². The second-order valence-corrected chi connectivity index (χ2v) is 6.74. The molecule has 4 N–H and O–H groups in total. The molecule has 0 bridgehead atoms. The van der Waals surface area contributed by atoms with Crippen LogP contribution in [-0.4, -0.2) is 35.6 Å². The molecule has 0 radical (unpaired) electrons. The van der Waals surface area contributed by atoms with E-state index < -0.39 is 6.10 Å². The van der Waals surface area contributed by atoms with Gasteiger partial charge in [0.25, 0.3) is 0 Å². The van der Waals surface area contributed by atoms with E-state index in [1.165, 1.54) is 6.42 Å². The van der Waals surface area contributed by atoms with Gasteiger partial charge < -0.3 is 21.1 Å². The third-order valence-electron chi connectivity index (χ3n) is 4.80. The molecule has 2 amide bonds. The van der Waals surface area contributed by atoms with Gasteiger partial charge in [0.15, 0.2) is 0 Å². The van der Waals surface area contributed by atoms with Gasteiger partial charge in [0, 0.05) is 23.8 Å². The average Bonchev–Trinajstić information content (AvgIpc) is 3.02. The number of nitrogens with one attached hydrogen (secondary N) is 3. The molecule has 1 heterocycles. The predicted octanol–water partition coefficient (Wildman–Crippen LogP) is 1.87. The van der Waals surface area contributed by atoms with E-state index in [4.69, 9.17) is 0 Å². The van der Waals surface area contributed by atoms with Crippen LogP contribution in [0.15, 0.2) is 24.3 Å². The lowest BCUT2D eigenvalue weighted by molar-refractivity contribution is -0.120. The largest absolute Gasteiger partial charge is 0.392 e. The molecular weight excluding hydrogens is 306 g/mol. The van der Waals surface area contributed by atoms with Crippen molar-refractivity contribution < 1.29 is 14.7 Å². The lowest BCUT2D eigenvalue weighted by Crippen LogP contribution is -2.35. The molecule has 2 fully saturated rings. The summed E-state index contributed by atoms with van der Waals surface area (Å²) in [4.78, 5) is 24.5. The molecular formula is C18H25N3O3. The molecule has 6 nitrogen and oxygen atoms in total. The van der Waals surface area contributed by atoms with Gasteiger partial charge in [-0.15, -0.1) is 0 Å². The number of carbonyl (C=O) groups is 2. The molecule has 2 unspecified atom stereocenters. The summed E-state index contributed by atoms with van der Waals surface area (Å²) in [6, 6.07) is 6.82. The van der Waals surface area contributed by atoms with Crippen molar-refractivity contribution >= 4 is 23.2 Å². The maximum Gasteiger partial charge on any atom is 0.241 e. The minimum atomic E-state index is -0.470. The number of carbonyl (C=O) groups excluding carboxylic acids is 2. The highest BCUT2D eigenvalue weighted by molar-refractivity contribution is 5.97. The van der Waals surface area contributed by atoms with Crippen molar-refractivity contribution in [2.75, 3.05) is 17.2 Å². The Bertz CT molecular complexity index is 565. The molecule has 1 saturated carbocycles. The maximum atomic E-state index is 12.3. The molecule has 3 rings (SSSR count). The molecule has 1 aliphatic heterocycles. The highest BCUT2D eigenvalue weighted by Crippen LogP contribution is 2.25. The van der Waals surface area contributed by atoms with E-state index in [0.29, 0.717) is 24.3 Å². The van der Waals surface area contributed by atoms with Crippen molar-refractivity contribution in [3.63, 3.8) is 0 Å². The highest BCUT2D eigenvalue weighted by Gasteiger charge is 2.28. The summed E-state index contributed by atoms with van der Waals surface area (Å²) in [5, 5.41) is 18.3. The highest BCUT2D eigenvalue weighted by atomic mass is 16.3. The van der Waals surface area contributed by atoms with Crippen LogP contribution in [-0.2, 0) is 9.59 Å².